The van der Waals surface area contributed by atoms with Gasteiger partial charge >= 0.3 is 0 Å². The maximum absolute atomic E-state index is 12.8. The minimum atomic E-state index is -0.505. The van der Waals surface area contributed by atoms with Crippen molar-refractivity contribution in [2.75, 3.05) is 38.0 Å². The molecule has 2 heterocycles. The SMILES string of the molecule is O=C(CN(O)O)N1CCN(C(=O)c2ccc(Nc3nccc(-c4ccc(Cl)cc4)n3)cc2)CC1. The highest BCUT2D eigenvalue weighted by atomic mass is 35.5. The van der Waals surface area contributed by atoms with E-state index in [4.69, 9.17) is 22.0 Å². The molecule has 0 atom stereocenters. The molecule has 2 amide bonds. The van der Waals surface area contributed by atoms with Crippen LogP contribution in [0.4, 0.5) is 11.6 Å². The third-order valence-electron chi connectivity index (χ3n) is 5.38. The van der Waals surface area contributed by atoms with Crippen molar-refractivity contribution < 1.29 is 20.0 Å². The second-order valence-corrected chi connectivity index (χ2v) is 8.11. The number of rotatable bonds is 6. The van der Waals surface area contributed by atoms with Crippen LogP contribution in [0.25, 0.3) is 11.3 Å². The van der Waals surface area contributed by atoms with Crippen molar-refractivity contribution in [3.63, 3.8) is 0 Å². The van der Waals surface area contributed by atoms with Gasteiger partial charge in [-0.3, -0.25) is 20.0 Å². The predicted octanol–water partition coefficient (Wildman–Crippen LogP) is 2.91. The normalized spacial score (nSPS) is 13.8. The summed E-state index contributed by atoms with van der Waals surface area (Å²) in [6.45, 7) is 0.896. The Bertz CT molecular complexity index is 1150. The van der Waals surface area contributed by atoms with E-state index in [1.807, 2.05) is 18.2 Å². The van der Waals surface area contributed by atoms with Crippen LogP contribution in [0.15, 0.2) is 60.8 Å². The van der Waals surface area contributed by atoms with Crippen molar-refractivity contribution in [2.24, 2.45) is 0 Å². The number of carbonyl (C=O) groups is 2. The molecule has 2 aromatic carbocycles. The number of benzene rings is 2. The number of anilines is 2. The number of nitrogens with zero attached hydrogens (tertiary/aromatic N) is 5. The molecule has 0 bridgehead atoms. The van der Waals surface area contributed by atoms with Crippen LogP contribution in [-0.2, 0) is 4.79 Å². The van der Waals surface area contributed by atoms with Gasteiger partial charge < -0.3 is 15.1 Å². The van der Waals surface area contributed by atoms with E-state index in [0.29, 0.717) is 42.7 Å². The minimum absolute atomic E-state index is 0.134. The molecule has 1 saturated heterocycles. The highest BCUT2D eigenvalue weighted by Crippen LogP contribution is 2.22. The van der Waals surface area contributed by atoms with Gasteiger partial charge in [0.05, 0.1) is 5.69 Å². The number of piperazine rings is 1. The lowest BCUT2D eigenvalue weighted by molar-refractivity contribution is -0.302. The van der Waals surface area contributed by atoms with Gasteiger partial charge in [-0.25, -0.2) is 9.97 Å². The number of aromatic nitrogens is 2. The number of hydroxylamine groups is 2. The van der Waals surface area contributed by atoms with Crippen molar-refractivity contribution in [1.82, 2.24) is 25.0 Å². The summed E-state index contributed by atoms with van der Waals surface area (Å²) in [5.74, 6) is -0.114. The minimum Gasteiger partial charge on any atom is -0.338 e. The number of halogens is 1. The molecule has 0 spiro atoms. The molecule has 1 aliphatic heterocycles. The summed E-state index contributed by atoms with van der Waals surface area (Å²) in [7, 11) is 0. The molecule has 0 radical (unpaired) electrons. The van der Waals surface area contributed by atoms with Gasteiger partial charge in [0.25, 0.3) is 5.91 Å². The van der Waals surface area contributed by atoms with E-state index in [1.54, 1.807) is 47.5 Å². The highest BCUT2D eigenvalue weighted by molar-refractivity contribution is 6.30. The van der Waals surface area contributed by atoms with Crippen LogP contribution in [0.5, 0.6) is 0 Å². The van der Waals surface area contributed by atoms with Gasteiger partial charge in [-0.2, -0.15) is 0 Å². The number of hydrogen-bond acceptors (Lipinski definition) is 8. The van der Waals surface area contributed by atoms with Crippen LogP contribution in [0, 0.1) is 0 Å². The molecule has 11 heteroatoms. The molecular formula is C23H23ClN6O4. The number of hydrogen-bond donors (Lipinski definition) is 3. The molecule has 3 N–H and O–H groups in total. The second kappa shape index (κ2) is 10.6. The van der Waals surface area contributed by atoms with Crippen LogP contribution in [0.3, 0.4) is 0 Å². The number of amides is 2. The largest absolute Gasteiger partial charge is 0.338 e. The van der Waals surface area contributed by atoms with E-state index >= 15 is 0 Å². The van der Waals surface area contributed by atoms with Gasteiger partial charge in [-0.1, -0.05) is 29.0 Å². The maximum Gasteiger partial charge on any atom is 0.253 e. The van der Waals surface area contributed by atoms with Crippen molar-refractivity contribution in [1.29, 1.82) is 0 Å². The first-order chi connectivity index (χ1) is 16.4. The van der Waals surface area contributed by atoms with E-state index in [9.17, 15) is 9.59 Å². The lowest BCUT2D eigenvalue weighted by atomic mass is 10.1. The van der Waals surface area contributed by atoms with E-state index in [-0.39, 0.29) is 11.1 Å². The molecule has 0 unspecified atom stereocenters. The lowest BCUT2D eigenvalue weighted by Gasteiger charge is -2.35. The van der Waals surface area contributed by atoms with Gasteiger partial charge in [0.15, 0.2) is 0 Å². The standard InChI is InChI=1S/C23H23ClN6O4/c24-18-5-1-16(2-6-18)20-9-10-25-23(27-20)26-19-7-3-17(4-8-19)22(32)29-13-11-28(12-14-29)21(31)15-30(33)34/h1-10,33-34H,11-15H2,(H,25,26,27). The topological polar surface area (TPSA) is 122 Å². The highest BCUT2D eigenvalue weighted by Gasteiger charge is 2.25. The Hall–Kier alpha value is -3.57. The zero-order valence-corrected chi connectivity index (χ0v) is 18.9. The average Bonchev–Trinajstić information content (AvgIpc) is 2.84. The molecule has 1 aromatic heterocycles. The Balaban J connectivity index is 1.35. The molecule has 3 aromatic rings. The fourth-order valence-electron chi connectivity index (χ4n) is 3.59. The summed E-state index contributed by atoms with van der Waals surface area (Å²) >= 11 is 5.95. The zero-order valence-electron chi connectivity index (χ0n) is 18.1. The quantitative estimate of drug-likeness (QED) is 0.458. The van der Waals surface area contributed by atoms with E-state index in [0.717, 1.165) is 16.9 Å². The summed E-state index contributed by atoms with van der Waals surface area (Å²) in [5.41, 5.74) is 2.93. The van der Waals surface area contributed by atoms with E-state index in [1.165, 1.54) is 4.90 Å². The average molecular weight is 483 g/mol. The van der Waals surface area contributed by atoms with Gasteiger partial charge in [0.2, 0.25) is 11.9 Å². The van der Waals surface area contributed by atoms with Crippen molar-refractivity contribution in [3.8, 4) is 11.3 Å². The first-order valence-corrected chi connectivity index (χ1v) is 11.0. The van der Waals surface area contributed by atoms with Crippen molar-refractivity contribution in [2.45, 2.75) is 0 Å². The number of nitrogens with one attached hydrogen (secondary N) is 1. The zero-order chi connectivity index (χ0) is 24.1. The van der Waals surface area contributed by atoms with Crippen LogP contribution in [-0.4, -0.2) is 79.9 Å². The van der Waals surface area contributed by atoms with Crippen LogP contribution >= 0.6 is 11.6 Å². The molecule has 1 fully saturated rings. The summed E-state index contributed by atoms with van der Waals surface area (Å²) in [5, 5.41) is 21.2. The fourth-order valence-corrected chi connectivity index (χ4v) is 3.71. The van der Waals surface area contributed by atoms with Crippen LogP contribution in [0.1, 0.15) is 10.4 Å². The first-order valence-electron chi connectivity index (χ1n) is 10.6. The molecular weight excluding hydrogens is 460 g/mol. The summed E-state index contributed by atoms with van der Waals surface area (Å²) < 4.78 is 0. The van der Waals surface area contributed by atoms with Crippen molar-refractivity contribution in [3.05, 3.63) is 71.4 Å². The lowest BCUT2D eigenvalue weighted by Crippen LogP contribution is -2.52. The monoisotopic (exact) mass is 482 g/mol. The third kappa shape index (κ3) is 5.86. The molecule has 4 rings (SSSR count). The first kappa shape index (κ1) is 23.6. The third-order valence-corrected chi connectivity index (χ3v) is 5.63. The molecule has 0 saturated carbocycles. The van der Waals surface area contributed by atoms with Crippen LogP contribution < -0.4 is 5.32 Å². The molecule has 10 nitrogen and oxygen atoms in total. The van der Waals surface area contributed by atoms with Gasteiger partial charge in [-0.05, 0) is 42.5 Å². The maximum atomic E-state index is 12.8. The van der Waals surface area contributed by atoms with Gasteiger partial charge in [0, 0.05) is 54.2 Å². The Morgan fingerprint density at radius 2 is 1.59 bits per heavy atom. The summed E-state index contributed by atoms with van der Waals surface area (Å²) in [4.78, 5) is 36.7. The summed E-state index contributed by atoms with van der Waals surface area (Å²) in [6.07, 6.45) is 1.67. The van der Waals surface area contributed by atoms with E-state index in [2.05, 4.69) is 15.3 Å². The molecule has 1 aliphatic rings. The fraction of sp³-hybridized carbons (Fsp3) is 0.217. The molecule has 176 valence electrons. The smallest absolute Gasteiger partial charge is 0.253 e. The van der Waals surface area contributed by atoms with Gasteiger partial charge in [0.1, 0.15) is 6.54 Å². The van der Waals surface area contributed by atoms with Crippen molar-refractivity contribution >= 4 is 35.1 Å². The Kier molecular flexibility index (Phi) is 7.33. The Morgan fingerprint density at radius 3 is 2.24 bits per heavy atom. The van der Waals surface area contributed by atoms with E-state index < -0.39 is 12.5 Å². The predicted molar refractivity (Wildman–Crippen MR) is 125 cm³/mol. The molecule has 0 aliphatic carbocycles. The van der Waals surface area contributed by atoms with Gasteiger partial charge in [-0.15, -0.1) is 0 Å². The Labute approximate surface area is 200 Å². The number of carbonyl (C=O) groups excluding carboxylic acids is 2. The summed E-state index contributed by atoms with van der Waals surface area (Å²) in [6, 6.07) is 16.2. The molecule has 34 heavy (non-hydrogen) atoms. The second-order valence-electron chi connectivity index (χ2n) is 7.68. The van der Waals surface area contributed by atoms with Crippen LogP contribution in [0.2, 0.25) is 5.02 Å². The Morgan fingerprint density at radius 1 is 0.941 bits per heavy atom.